The highest BCUT2D eigenvalue weighted by atomic mass is 16.3. The maximum Gasteiger partial charge on any atom is 0.326 e. The lowest BCUT2D eigenvalue weighted by molar-refractivity contribution is 0.119. The molecule has 1 aliphatic rings. The van der Waals surface area contributed by atoms with E-state index in [1.54, 1.807) is 4.57 Å². The van der Waals surface area contributed by atoms with Crippen LogP contribution in [-0.2, 0) is 13.0 Å². The molecule has 3 N–H and O–H groups in total. The van der Waals surface area contributed by atoms with E-state index in [1.807, 2.05) is 30.5 Å². The molecule has 0 saturated heterocycles. The van der Waals surface area contributed by atoms with Crippen molar-refractivity contribution in [3.63, 3.8) is 0 Å². The lowest BCUT2D eigenvalue weighted by Gasteiger charge is -2.27. The van der Waals surface area contributed by atoms with Gasteiger partial charge in [0.2, 0.25) is 0 Å². The maximum absolute atomic E-state index is 12.4. The molecule has 0 spiro atoms. The Morgan fingerprint density at radius 2 is 1.97 bits per heavy atom. The van der Waals surface area contributed by atoms with Crippen LogP contribution >= 0.6 is 0 Å². The van der Waals surface area contributed by atoms with Gasteiger partial charge in [0.25, 0.3) is 0 Å². The summed E-state index contributed by atoms with van der Waals surface area (Å²) in [4.78, 5) is 19.9. The molecule has 4 aromatic rings. The minimum absolute atomic E-state index is 0.113. The van der Waals surface area contributed by atoms with Gasteiger partial charge in [-0.2, -0.15) is 0 Å². The zero-order valence-electron chi connectivity index (χ0n) is 19.4. The summed E-state index contributed by atoms with van der Waals surface area (Å²) in [6.45, 7) is 6.94. The number of rotatable bonds is 6. The second kappa shape index (κ2) is 8.65. The van der Waals surface area contributed by atoms with Gasteiger partial charge in [-0.05, 0) is 69.9 Å². The highest BCUT2D eigenvalue weighted by Gasteiger charge is 2.29. The first-order valence-corrected chi connectivity index (χ1v) is 11.7. The summed E-state index contributed by atoms with van der Waals surface area (Å²) in [5, 5.41) is 14.8. The molecule has 1 unspecified atom stereocenters. The van der Waals surface area contributed by atoms with Gasteiger partial charge in [-0.15, -0.1) is 0 Å². The Morgan fingerprint density at radius 1 is 1.18 bits per heavy atom. The number of imidazole rings is 1. The molecule has 0 bridgehead atoms. The smallest absolute Gasteiger partial charge is 0.326 e. The second-order valence-electron chi connectivity index (χ2n) is 9.21. The number of nitrogens with zero attached hydrogens (tertiary/aromatic N) is 3. The van der Waals surface area contributed by atoms with E-state index in [9.17, 15) is 9.90 Å². The summed E-state index contributed by atoms with van der Waals surface area (Å²) in [5.41, 5.74) is 5.86. The molecule has 1 aliphatic heterocycles. The van der Waals surface area contributed by atoms with Crippen molar-refractivity contribution in [2.45, 2.75) is 64.8 Å². The van der Waals surface area contributed by atoms with E-state index >= 15 is 0 Å². The predicted molar refractivity (Wildman–Crippen MR) is 130 cm³/mol. The van der Waals surface area contributed by atoms with Crippen LogP contribution in [0, 0.1) is 13.8 Å². The summed E-state index contributed by atoms with van der Waals surface area (Å²) < 4.78 is 3.96. The first kappa shape index (κ1) is 21.7. The number of H-pyrrole nitrogens is 1. The summed E-state index contributed by atoms with van der Waals surface area (Å²) in [5.74, 6) is 0.990. The van der Waals surface area contributed by atoms with Gasteiger partial charge in [0.15, 0.2) is 0 Å². The molecule has 3 aromatic heterocycles. The number of para-hydroxylation sites is 1. The molecule has 3 atom stereocenters. The lowest BCUT2D eigenvalue weighted by Crippen LogP contribution is -2.41. The summed E-state index contributed by atoms with van der Waals surface area (Å²) in [7, 11) is 0. The Bertz CT molecular complexity index is 1330. The molecule has 4 heterocycles. The lowest BCUT2D eigenvalue weighted by atomic mass is 9.98. The molecule has 7 heteroatoms. The van der Waals surface area contributed by atoms with Gasteiger partial charge < -0.3 is 20.0 Å². The summed E-state index contributed by atoms with van der Waals surface area (Å²) in [6.07, 6.45) is 3.66. The van der Waals surface area contributed by atoms with Gasteiger partial charge in [-0.3, -0.25) is 4.57 Å². The first-order chi connectivity index (χ1) is 15.9. The summed E-state index contributed by atoms with van der Waals surface area (Å²) >= 11 is 0. The van der Waals surface area contributed by atoms with Crippen molar-refractivity contribution in [1.29, 1.82) is 0 Å². The first-order valence-electron chi connectivity index (χ1n) is 11.7. The van der Waals surface area contributed by atoms with E-state index < -0.39 is 6.10 Å². The van der Waals surface area contributed by atoms with Crippen LogP contribution in [-0.4, -0.2) is 36.3 Å². The Labute approximate surface area is 193 Å². The third-order valence-electron chi connectivity index (χ3n) is 6.88. The normalized spacial score (nSPS) is 19.0. The van der Waals surface area contributed by atoms with E-state index in [2.05, 4.69) is 58.8 Å². The summed E-state index contributed by atoms with van der Waals surface area (Å²) in [6, 6.07) is 14.2. The minimum Gasteiger partial charge on any atom is -0.387 e. The van der Waals surface area contributed by atoms with Crippen molar-refractivity contribution in [2.24, 2.45) is 0 Å². The Morgan fingerprint density at radius 3 is 2.76 bits per heavy atom. The fourth-order valence-electron chi connectivity index (χ4n) is 5.17. The number of aryl methyl sites for hydroxylation is 4. The van der Waals surface area contributed by atoms with Gasteiger partial charge >= 0.3 is 5.69 Å². The van der Waals surface area contributed by atoms with Crippen molar-refractivity contribution in [1.82, 2.24) is 24.4 Å². The quantitative estimate of drug-likeness (QED) is 0.424. The van der Waals surface area contributed by atoms with E-state index in [1.165, 1.54) is 17.0 Å². The molecular weight excluding hydrogens is 414 g/mol. The van der Waals surface area contributed by atoms with Crippen molar-refractivity contribution in [2.75, 3.05) is 0 Å². The van der Waals surface area contributed by atoms with Crippen LogP contribution < -0.4 is 11.0 Å². The van der Waals surface area contributed by atoms with Crippen LogP contribution in [0.15, 0.2) is 53.5 Å². The molecule has 0 amide bonds. The molecular formula is C26H31N5O2. The van der Waals surface area contributed by atoms with Crippen molar-refractivity contribution < 1.29 is 5.11 Å². The number of aromatic nitrogens is 4. The van der Waals surface area contributed by atoms with Crippen LogP contribution in [0.2, 0.25) is 0 Å². The highest BCUT2D eigenvalue weighted by molar-refractivity contribution is 5.79. The van der Waals surface area contributed by atoms with Gasteiger partial charge in [0.1, 0.15) is 5.82 Å². The zero-order chi connectivity index (χ0) is 23.1. The molecule has 0 aliphatic carbocycles. The molecule has 5 rings (SSSR count). The van der Waals surface area contributed by atoms with Crippen LogP contribution in [0.25, 0.3) is 16.9 Å². The number of benzene rings is 1. The van der Waals surface area contributed by atoms with Gasteiger partial charge in [0.05, 0.1) is 17.1 Å². The fraction of sp³-hybridized carbons (Fsp3) is 0.385. The van der Waals surface area contributed by atoms with Crippen molar-refractivity contribution in [3.8, 4) is 5.82 Å². The van der Waals surface area contributed by atoms with Crippen LogP contribution in [0.4, 0.5) is 0 Å². The molecule has 1 aromatic carbocycles. The minimum atomic E-state index is -0.667. The van der Waals surface area contributed by atoms with Crippen LogP contribution in [0.3, 0.4) is 0 Å². The molecule has 172 valence electrons. The number of pyridine rings is 1. The SMILES string of the molecule is Cc1ccc(C)n1-c1ncccc1CCC(C)N[C@@H]1CCn2c(=O)[nH]c3cccc(c32)[C@H]1O. The molecule has 7 nitrogen and oxygen atoms in total. The van der Waals surface area contributed by atoms with E-state index in [0.29, 0.717) is 13.0 Å². The van der Waals surface area contributed by atoms with Crippen molar-refractivity contribution in [3.05, 3.63) is 81.7 Å². The van der Waals surface area contributed by atoms with Crippen LogP contribution in [0.1, 0.15) is 48.4 Å². The monoisotopic (exact) mass is 445 g/mol. The van der Waals surface area contributed by atoms with Gasteiger partial charge in [-0.1, -0.05) is 18.2 Å². The fourth-order valence-corrected chi connectivity index (χ4v) is 5.17. The van der Waals surface area contributed by atoms with E-state index in [4.69, 9.17) is 0 Å². The molecule has 33 heavy (non-hydrogen) atoms. The van der Waals surface area contributed by atoms with Gasteiger partial charge in [-0.25, -0.2) is 9.78 Å². The number of nitrogens with one attached hydrogen (secondary N) is 2. The third kappa shape index (κ3) is 3.92. The number of aromatic amines is 1. The second-order valence-corrected chi connectivity index (χ2v) is 9.21. The maximum atomic E-state index is 12.4. The largest absolute Gasteiger partial charge is 0.387 e. The predicted octanol–water partition coefficient (Wildman–Crippen LogP) is 3.55. The Hall–Kier alpha value is -3.16. The van der Waals surface area contributed by atoms with Crippen molar-refractivity contribution >= 4 is 11.0 Å². The zero-order valence-corrected chi connectivity index (χ0v) is 19.4. The third-order valence-corrected chi connectivity index (χ3v) is 6.88. The number of hydrogen-bond acceptors (Lipinski definition) is 4. The standard InChI is InChI=1S/C26H31N5O2/c1-16(9-12-19-6-5-14-27-25(19)31-17(2)10-11-18(31)3)28-22-13-15-30-23-20(24(22)32)7-4-8-21(23)29-26(30)33/h4-8,10-11,14,16,22,24,28,32H,9,12-13,15H2,1-3H3,(H,29,33)/t16?,22-,24-/m1/s1. The molecule has 0 saturated carbocycles. The number of aliphatic hydroxyl groups is 1. The number of aliphatic hydroxyl groups excluding tert-OH is 1. The van der Waals surface area contributed by atoms with E-state index in [-0.39, 0.29) is 17.8 Å². The van der Waals surface area contributed by atoms with Gasteiger partial charge in [0, 0.05) is 41.8 Å². The van der Waals surface area contributed by atoms with Crippen LogP contribution in [0.5, 0.6) is 0 Å². The van der Waals surface area contributed by atoms with E-state index in [0.717, 1.165) is 35.3 Å². The molecule has 0 fully saturated rings. The molecule has 0 radical (unpaired) electrons. The average molecular weight is 446 g/mol. The average Bonchev–Trinajstić information content (AvgIpc) is 3.27. The Balaban J connectivity index is 1.31. The Kier molecular flexibility index (Phi) is 5.68. The highest BCUT2D eigenvalue weighted by Crippen LogP contribution is 2.30. The topological polar surface area (TPSA) is 87.9 Å². The number of hydrogen-bond donors (Lipinski definition) is 3.